The van der Waals surface area contributed by atoms with Crippen LogP contribution in [0.15, 0.2) is 42.0 Å². The van der Waals surface area contributed by atoms with Gasteiger partial charge >= 0.3 is 0 Å². The van der Waals surface area contributed by atoms with Crippen molar-refractivity contribution in [1.82, 2.24) is 14.7 Å². The van der Waals surface area contributed by atoms with Crippen molar-refractivity contribution in [2.75, 3.05) is 18.5 Å². The Morgan fingerprint density at radius 1 is 1.24 bits per heavy atom. The molecule has 0 saturated heterocycles. The van der Waals surface area contributed by atoms with E-state index in [4.69, 9.17) is 4.74 Å². The molecule has 0 bridgehead atoms. The number of fused-ring (bicyclic) bond motifs is 1. The van der Waals surface area contributed by atoms with Crippen LogP contribution in [0.4, 0.5) is 5.69 Å². The SMILES string of the molecule is CCNC(=O)COc1ccc(NC(=O)Cc2cn3ccsc3n2)cc1. The molecule has 7 nitrogen and oxygen atoms in total. The predicted octanol–water partition coefficient (Wildman–Crippen LogP) is 2.09. The zero-order valence-electron chi connectivity index (χ0n) is 13.7. The minimum absolute atomic E-state index is 0.0308. The highest BCUT2D eigenvalue weighted by atomic mass is 32.1. The molecule has 0 atom stereocenters. The van der Waals surface area contributed by atoms with Crippen molar-refractivity contribution < 1.29 is 14.3 Å². The number of carbonyl (C=O) groups excluding carboxylic acids is 2. The van der Waals surface area contributed by atoms with Gasteiger partial charge in [0.2, 0.25) is 5.91 Å². The van der Waals surface area contributed by atoms with E-state index < -0.39 is 0 Å². The topological polar surface area (TPSA) is 84.7 Å². The second-order valence-corrected chi connectivity index (χ2v) is 6.19. The zero-order valence-corrected chi connectivity index (χ0v) is 14.5. The quantitative estimate of drug-likeness (QED) is 0.677. The van der Waals surface area contributed by atoms with E-state index in [0.717, 1.165) is 10.7 Å². The fraction of sp³-hybridized carbons (Fsp3) is 0.235. The van der Waals surface area contributed by atoms with Gasteiger partial charge in [0.1, 0.15) is 5.75 Å². The van der Waals surface area contributed by atoms with E-state index in [-0.39, 0.29) is 24.8 Å². The second-order valence-electron chi connectivity index (χ2n) is 5.32. The van der Waals surface area contributed by atoms with Crippen LogP contribution in [0.2, 0.25) is 0 Å². The lowest BCUT2D eigenvalue weighted by Gasteiger charge is -2.08. The Bertz CT molecular complexity index is 841. The van der Waals surface area contributed by atoms with E-state index in [1.165, 1.54) is 11.3 Å². The summed E-state index contributed by atoms with van der Waals surface area (Å²) in [6.07, 6.45) is 3.97. The van der Waals surface area contributed by atoms with Crippen LogP contribution in [-0.4, -0.2) is 34.4 Å². The van der Waals surface area contributed by atoms with Gasteiger partial charge in [0, 0.05) is 30.0 Å². The highest BCUT2D eigenvalue weighted by Gasteiger charge is 2.09. The van der Waals surface area contributed by atoms with Crippen LogP contribution in [0, 0.1) is 0 Å². The summed E-state index contributed by atoms with van der Waals surface area (Å²) >= 11 is 1.53. The third kappa shape index (κ3) is 4.57. The standard InChI is InChI=1S/C17H18N4O3S/c1-2-18-16(23)11-24-14-5-3-12(4-6-14)19-15(22)9-13-10-21-7-8-25-17(21)20-13/h3-8,10H,2,9,11H2,1H3,(H,18,23)(H,19,22). The van der Waals surface area contributed by atoms with Crippen LogP contribution < -0.4 is 15.4 Å². The third-order valence-corrected chi connectivity index (χ3v) is 4.14. The molecule has 2 amide bonds. The van der Waals surface area contributed by atoms with Gasteiger partial charge in [-0.05, 0) is 31.2 Å². The summed E-state index contributed by atoms with van der Waals surface area (Å²) in [4.78, 5) is 28.7. The van der Waals surface area contributed by atoms with Gasteiger partial charge in [0.25, 0.3) is 5.91 Å². The van der Waals surface area contributed by atoms with Crippen molar-refractivity contribution in [2.45, 2.75) is 13.3 Å². The van der Waals surface area contributed by atoms with Gasteiger partial charge in [0.05, 0.1) is 12.1 Å². The number of aromatic nitrogens is 2. The third-order valence-electron chi connectivity index (χ3n) is 3.37. The van der Waals surface area contributed by atoms with Crippen molar-refractivity contribution in [2.24, 2.45) is 0 Å². The average molecular weight is 358 g/mol. The fourth-order valence-corrected chi connectivity index (χ4v) is 2.98. The lowest BCUT2D eigenvalue weighted by atomic mass is 10.2. The van der Waals surface area contributed by atoms with E-state index >= 15 is 0 Å². The summed E-state index contributed by atoms with van der Waals surface area (Å²) in [7, 11) is 0. The number of rotatable bonds is 7. The number of anilines is 1. The number of likely N-dealkylation sites (N-methyl/N-ethyl adjacent to an activating group) is 1. The van der Waals surface area contributed by atoms with Crippen molar-refractivity contribution in [3.8, 4) is 5.75 Å². The largest absolute Gasteiger partial charge is 0.484 e. The highest BCUT2D eigenvalue weighted by Crippen LogP contribution is 2.16. The molecule has 8 heteroatoms. The van der Waals surface area contributed by atoms with Gasteiger partial charge in [-0.1, -0.05) is 0 Å². The Hall–Kier alpha value is -2.87. The number of hydrogen-bond donors (Lipinski definition) is 2. The zero-order chi connectivity index (χ0) is 17.6. The Balaban J connectivity index is 1.51. The number of nitrogens with one attached hydrogen (secondary N) is 2. The molecule has 0 aliphatic rings. The number of nitrogens with zero attached hydrogens (tertiary/aromatic N) is 2. The van der Waals surface area contributed by atoms with Gasteiger partial charge in [-0.15, -0.1) is 11.3 Å². The van der Waals surface area contributed by atoms with Crippen molar-refractivity contribution in [3.05, 3.63) is 47.7 Å². The number of ether oxygens (including phenoxy) is 1. The molecule has 2 heterocycles. The molecule has 1 aromatic carbocycles. The van der Waals surface area contributed by atoms with Crippen LogP contribution in [0.5, 0.6) is 5.75 Å². The number of imidazole rings is 1. The van der Waals surface area contributed by atoms with Gasteiger partial charge in [-0.25, -0.2) is 4.98 Å². The fourth-order valence-electron chi connectivity index (χ4n) is 2.26. The molecule has 0 saturated carbocycles. The van der Waals surface area contributed by atoms with E-state index in [2.05, 4.69) is 15.6 Å². The summed E-state index contributed by atoms with van der Waals surface area (Å²) in [5.41, 5.74) is 1.39. The summed E-state index contributed by atoms with van der Waals surface area (Å²) < 4.78 is 7.26. The molecule has 25 heavy (non-hydrogen) atoms. The van der Waals surface area contributed by atoms with Gasteiger partial charge in [-0.3, -0.25) is 14.0 Å². The van der Waals surface area contributed by atoms with Crippen molar-refractivity contribution in [1.29, 1.82) is 0 Å². The maximum Gasteiger partial charge on any atom is 0.257 e. The molecule has 130 valence electrons. The molecule has 0 radical (unpaired) electrons. The Morgan fingerprint density at radius 2 is 2.04 bits per heavy atom. The van der Waals surface area contributed by atoms with Gasteiger partial charge in [0.15, 0.2) is 11.6 Å². The molecule has 2 aromatic heterocycles. The van der Waals surface area contributed by atoms with E-state index in [0.29, 0.717) is 18.0 Å². The number of amides is 2. The van der Waals surface area contributed by atoms with Crippen LogP contribution in [0.1, 0.15) is 12.6 Å². The average Bonchev–Trinajstić information content (AvgIpc) is 3.16. The van der Waals surface area contributed by atoms with Gasteiger partial charge in [-0.2, -0.15) is 0 Å². The normalized spacial score (nSPS) is 10.6. The first-order valence-electron chi connectivity index (χ1n) is 7.84. The first kappa shape index (κ1) is 17.0. The molecule has 0 spiro atoms. The molecule has 3 rings (SSSR count). The number of thiazole rings is 1. The van der Waals surface area contributed by atoms with Crippen LogP contribution in [-0.2, 0) is 16.0 Å². The van der Waals surface area contributed by atoms with Gasteiger partial charge < -0.3 is 15.4 Å². The summed E-state index contributed by atoms with van der Waals surface area (Å²) in [6, 6.07) is 6.89. The molecule has 0 unspecified atom stereocenters. The Morgan fingerprint density at radius 3 is 2.76 bits per heavy atom. The van der Waals surface area contributed by atoms with Crippen LogP contribution in [0.3, 0.4) is 0 Å². The minimum Gasteiger partial charge on any atom is -0.484 e. The van der Waals surface area contributed by atoms with E-state index in [1.54, 1.807) is 24.3 Å². The lowest BCUT2D eigenvalue weighted by Crippen LogP contribution is -2.28. The summed E-state index contributed by atoms with van der Waals surface area (Å²) in [5.74, 6) is 0.264. The molecular formula is C17H18N4O3S. The first-order valence-corrected chi connectivity index (χ1v) is 8.72. The summed E-state index contributed by atoms with van der Waals surface area (Å²) in [6.45, 7) is 2.39. The molecule has 0 aliphatic carbocycles. The predicted molar refractivity (Wildman–Crippen MR) is 96.0 cm³/mol. The number of carbonyl (C=O) groups is 2. The maximum atomic E-state index is 12.1. The molecule has 2 N–H and O–H groups in total. The monoisotopic (exact) mass is 358 g/mol. The Kier molecular flexibility index (Phi) is 5.30. The molecule has 3 aromatic rings. The number of benzene rings is 1. The Labute approximate surface area is 148 Å². The van der Waals surface area contributed by atoms with E-state index in [1.807, 2.05) is 29.1 Å². The van der Waals surface area contributed by atoms with Crippen LogP contribution in [0.25, 0.3) is 4.96 Å². The molecular weight excluding hydrogens is 340 g/mol. The second kappa shape index (κ2) is 7.80. The first-order chi connectivity index (χ1) is 12.1. The number of hydrogen-bond acceptors (Lipinski definition) is 5. The van der Waals surface area contributed by atoms with E-state index in [9.17, 15) is 9.59 Å². The highest BCUT2D eigenvalue weighted by molar-refractivity contribution is 7.15. The summed E-state index contributed by atoms with van der Waals surface area (Å²) in [5, 5.41) is 7.42. The maximum absolute atomic E-state index is 12.1. The molecule has 0 fully saturated rings. The smallest absolute Gasteiger partial charge is 0.257 e. The molecule has 0 aliphatic heterocycles. The van der Waals surface area contributed by atoms with Crippen LogP contribution >= 0.6 is 11.3 Å². The van der Waals surface area contributed by atoms with Crippen molar-refractivity contribution >= 4 is 33.8 Å². The lowest BCUT2D eigenvalue weighted by molar-refractivity contribution is -0.123. The minimum atomic E-state index is -0.167. The van der Waals surface area contributed by atoms with Crippen molar-refractivity contribution in [3.63, 3.8) is 0 Å².